The Hall–Kier alpha value is -4.03. The lowest BCUT2D eigenvalue weighted by Crippen LogP contribution is -2.25. The summed E-state index contributed by atoms with van der Waals surface area (Å²) in [5.41, 5.74) is 2.22. The molecule has 0 aliphatic heterocycles. The highest BCUT2D eigenvalue weighted by molar-refractivity contribution is 7.09. The summed E-state index contributed by atoms with van der Waals surface area (Å²) in [5.74, 6) is 0.107. The van der Waals surface area contributed by atoms with Crippen molar-refractivity contribution in [2.45, 2.75) is 12.8 Å². The first-order valence-electron chi connectivity index (χ1n) is 9.56. The van der Waals surface area contributed by atoms with Gasteiger partial charge in [0.05, 0.1) is 34.0 Å². The second-order valence-corrected chi connectivity index (χ2v) is 7.65. The average Bonchev–Trinajstić information content (AvgIpc) is 3.46. The van der Waals surface area contributed by atoms with Crippen molar-refractivity contribution in [1.82, 2.24) is 25.1 Å². The second-order valence-electron chi connectivity index (χ2n) is 6.67. The number of nitrogens with one attached hydrogen (secondary N) is 1. The fourth-order valence-electron chi connectivity index (χ4n) is 3.00. The van der Waals surface area contributed by atoms with Gasteiger partial charge in [-0.25, -0.2) is 9.97 Å². The molecule has 1 aromatic carbocycles. The van der Waals surface area contributed by atoms with Crippen molar-refractivity contribution >= 4 is 17.2 Å². The molecule has 0 aliphatic carbocycles. The van der Waals surface area contributed by atoms with E-state index < -0.39 is 0 Å². The Morgan fingerprint density at radius 1 is 1.16 bits per heavy atom. The number of carbonyl (C=O) groups excluding carboxylic acids is 1. The molecule has 1 amide bonds. The van der Waals surface area contributed by atoms with Crippen molar-refractivity contribution in [3.63, 3.8) is 0 Å². The van der Waals surface area contributed by atoms with Gasteiger partial charge < -0.3 is 10.4 Å². The molecule has 8 nitrogen and oxygen atoms in total. The van der Waals surface area contributed by atoms with Gasteiger partial charge in [-0.3, -0.25) is 4.79 Å². The smallest absolute Gasteiger partial charge is 0.252 e. The first kappa shape index (κ1) is 20.3. The summed E-state index contributed by atoms with van der Waals surface area (Å²) in [6.07, 6.45) is 6.39. The first-order chi connectivity index (χ1) is 15.2. The molecule has 0 unspecified atom stereocenters. The van der Waals surface area contributed by atoms with Crippen molar-refractivity contribution in [1.29, 1.82) is 5.26 Å². The molecule has 0 radical (unpaired) electrons. The summed E-state index contributed by atoms with van der Waals surface area (Å²) in [6, 6.07) is 12.2. The molecular formula is C22H18N6O2S. The number of pyridine rings is 1. The van der Waals surface area contributed by atoms with Gasteiger partial charge in [0.1, 0.15) is 0 Å². The van der Waals surface area contributed by atoms with Crippen LogP contribution in [0.2, 0.25) is 0 Å². The predicted octanol–water partition coefficient (Wildman–Crippen LogP) is 3.33. The summed E-state index contributed by atoms with van der Waals surface area (Å²) in [5, 5.41) is 29.5. The van der Waals surface area contributed by atoms with Crippen molar-refractivity contribution in [2.24, 2.45) is 0 Å². The summed E-state index contributed by atoms with van der Waals surface area (Å²) in [6.45, 7) is 0.550. The number of rotatable bonds is 7. The minimum atomic E-state index is -0.207. The molecule has 0 spiro atoms. The molecule has 9 heteroatoms. The van der Waals surface area contributed by atoms with E-state index in [0.717, 1.165) is 23.4 Å². The normalized spacial score (nSPS) is 10.5. The van der Waals surface area contributed by atoms with Crippen LogP contribution in [0.4, 0.5) is 0 Å². The maximum Gasteiger partial charge on any atom is 0.252 e. The Morgan fingerprint density at radius 2 is 2.00 bits per heavy atom. The van der Waals surface area contributed by atoms with Gasteiger partial charge >= 0.3 is 0 Å². The number of thiazole rings is 1. The first-order valence-corrected chi connectivity index (χ1v) is 10.4. The fourth-order valence-corrected chi connectivity index (χ4v) is 3.67. The molecule has 0 aliphatic rings. The number of aromatic hydroxyl groups is 1. The predicted molar refractivity (Wildman–Crippen MR) is 116 cm³/mol. The SMILES string of the molecule is N#Cc1ccc(-c2cnn(-c3ccc(C(=O)NCCCc4nccs4)cn3)c2O)cc1. The van der Waals surface area contributed by atoms with Gasteiger partial charge in [-0.05, 0) is 36.2 Å². The third kappa shape index (κ3) is 4.60. The van der Waals surface area contributed by atoms with E-state index >= 15 is 0 Å². The van der Waals surface area contributed by atoms with Gasteiger partial charge in [0, 0.05) is 30.7 Å². The average molecular weight is 430 g/mol. The van der Waals surface area contributed by atoms with Crippen LogP contribution < -0.4 is 5.32 Å². The zero-order valence-corrected chi connectivity index (χ0v) is 17.2. The van der Waals surface area contributed by atoms with Crippen LogP contribution in [0, 0.1) is 11.3 Å². The van der Waals surface area contributed by atoms with Crippen LogP contribution >= 0.6 is 11.3 Å². The largest absolute Gasteiger partial charge is 0.493 e. The van der Waals surface area contributed by atoms with Crippen LogP contribution in [0.5, 0.6) is 5.88 Å². The molecule has 3 heterocycles. The zero-order valence-electron chi connectivity index (χ0n) is 16.4. The molecule has 4 rings (SSSR count). The summed E-state index contributed by atoms with van der Waals surface area (Å²) >= 11 is 1.61. The van der Waals surface area contributed by atoms with Gasteiger partial charge in [-0.2, -0.15) is 15.0 Å². The topological polar surface area (TPSA) is 117 Å². The molecule has 154 valence electrons. The lowest BCUT2D eigenvalue weighted by Gasteiger charge is -2.06. The molecule has 4 aromatic rings. The minimum Gasteiger partial charge on any atom is -0.493 e. The number of aromatic nitrogens is 4. The minimum absolute atomic E-state index is 0.0726. The van der Waals surface area contributed by atoms with E-state index in [4.69, 9.17) is 5.26 Å². The number of aryl methyl sites for hydroxylation is 1. The molecule has 0 atom stereocenters. The number of hydrogen-bond acceptors (Lipinski definition) is 7. The van der Waals surface area contributed by atoms with E-state index in [1.165, 1.54) is 17.1 Å². The van der Waals surface area contributed by atoms with E-state index in [9.17, 15) is 9.90 Å². The Bertz CT molecular complexity index is 1210. The van der Waals surface area contributed by atoms with Crippen LogP contribution in [-0.4, -0.2) is 37.3 Å². The Labute approximate surface area is 182 Å². The van der Waals surface area contributed by atoms with E-state index in [-0.39, 0.29) is 11.8 Å². The van der Waals surface area contributed by atoms with Gasteiger partial charge in [0.25, 0.3) is 5.91 Å². The van der Waals surface area contributed by atoms with Crippen LogP contribution in [0.15, 0.2) is 60.4 Å². The van der Waals surface area contributed by atoms with E-state index in [1.54, 1.807) is 53.9 Å². The number of carbonyl (C=O) groups is 1. The Balaban J connectivity index is 1.40. The molecule has 2 N–H and O–H groups in total. The third-order valence-electron chi connectivity index (χ3n) is 4.63. The highest BCUT2D eigenvalue weighted by Gasteiger charge is 2.14. The number of nitriles is 1. The Kier molecular flexibility index (Phi) is 6.01. The number of hydrogen-bond donors (Lipinski definition) is 2. The molecule has 0 fully saturated rings. The molecule has 3 aromatic heterocycles. The van der Waals surface area contributed by atoms with Crippen molar-refractivity contribution in [3.8, 4) is 28.9 Å². The van der Waals surface area contributed by atoms with E-state index in [2.05, 4.69) is 26.5 Å². The van der Waals surface area contributed by atoms with Gasteiger partial charge in [0.2, 0.25) is 5.88 Å². The maximum atomic E-state index is 12.3. The van der Waals surface area contributed by atoms with Crippen LogP contribution in [0.3, 0.4) is 0 Å². The number of amides is 1. The molecule has 31 heavy (non-hydrogen) atoms. The lowest BCUT2D eigenvalue weighted by molar-refractivity contribution is 0.0953. The Morgan fingerprint density at radius 3 is 2.68 bits per heavy atom. The maximum absolute atomic E-state index is 12.3. The van der Waals surface area contributed by atoms with Crippen molar-refractivity contribution in [3.05, 3.63) is 76.5 Å². The van der Waals surface area contributed by atoms with E-state index in [0.29, 0.717) is 29.1 Å². The standard InChI is InChI=1S/C22H18N6O2S/c23-12-15-3-5-16(6-4-15)18-14-27-28(22(18)30)19-8-7-17(13-26-19)21(29)25-9-1-2-20-24-10-11-31-20/h3-8,10-11,13-14,30H,1-2,9H2,(H,25,29). The molecule has 0 saturated carbocycles. The third-order valence-corrected chi connectivity index (χ3v) is 5.47. The van der Waals surface area contributed by atoms with Crippen molar-refractivity contribution < 1.29 is 9.90 Å². The highest BCUT2D eigenvalue weighted by atomic mass is 32.1. The quantitative estimate of drug-likeness (QED) is 0.434. The molecule has 0 saturated heterocycles. The fraction of sp³-hybridized carbons (Fsp3) is 0.136. The van der Waals surface area contributed by atoms with Crippen LogP contribution in [0.25, 0.3) is 16.9 Å². The highest BCUT2D eigenvalue weighted by Crippen LogP contribution is 2.30. The van der Waals surface area contributed by atoms with Gasteiger partial charge in [-0.15, -0.1) is 11.3 Å². The monoisotopic (exact) mass is 430 g/mol. The second kappa shape index (κ2) is 9.19. The summed E-state index contributed by atoms with van der Waals surface area (Å²) < 4.78 is 1.29. The molecular weight excluding hydrogens is 412 g/mol. The lowest BCUT2D eigenvalue weighted by atomic mass is 10.1. The zero-order chi connectivity index (χ0) is 21.6. The van der Waals surface area contributed by atoms with Crippen LogP contribution in [0.1, 0.15) is 27.3 Å². The van der Waals surface area contributed by atoms with E-state index in [1.807, 2.05) is 5.38 Å². The van der Waals surface area contributed by atoms with Crippen LogP contribution in [-0.2, 0) is 6.42 Å². The van der Waals surface area contributed by atoms with Gasteiger partial charge in [0.15, 0.2) is 5.82 Å². The number of benzene rings is 1. The molecule has 0 bridgehead atoms. The summed E-state index contributed by atoms with van der Waals surface area (Å²) in [7, 11) is 0. The number of nitrogens with zero attached hydrogens (tertiary/aromatic N) is 5. The van der Waals surface area contributed by atoms with Crippen molar-refractivity contribution in [2.75, 3.05) is 6.54 Å². The summed E-state index contributed by atoms with van der Waals surface area (Å²) in [4.78, 5) is 20.8. The van der Waals surface area contributed by atoms with Gasteiger partial charge in [-0.1, -0.05) is 12.1 Å².